The van der Waals surface area contributed by atoms with Gasteiger partial charge in [0.1, 0.15) is 0 Å². The van der Waals surface area contributed by atoms with Crippen LogP contribution in [0.1, 0.15) is 25.3 Å². The van der Waals surface area contributed by atoms with Gasteiger partial charge in [-0.3, -0.25) is 0 Å². The van der Waals surface area contributed by atoms with Gasteiger partial charge in [0.15, 0.2) is 0 Å². The summed E-state index contributed by atoms with van der Waals surface area (Å²) in [5.74, 6) is 2.44. The normalized spacial score (nSPS) is 29.7. The second-order valence-electron chi connectivity index (χ2n) is 6.01. The van der Waals surface area contributed by atoms with Gasteiger partial charge in [0.05, 0.1) is 6.61 Å². The van der Waals surface area contributed by atoms with E-state index in [1.807, 2.05) is 0 Å². The third-order valence-electron chi connectivity index (χ3n) is 4.60. The molecule has 0 amide bonds. The maximum atomic E-state index is 5.19. The minimum Gasteiger partial charge on any atom is -0.382 e. The number of allylic oxidation sites excluding steroid dienone is 2. The lowest BCUT2D eigenvalue weighted by Gasteiger charge is -2.27. The Labute approximate surface area is 115 Å². The Morgan fingerprint density at radius 1 is 1.32 bits per heavy atom. The molecule has 0 radical (unpaired) electrons. The zero-order valence-electron chi connectivity index (χ0n) is 11.8. The summed E-state index contributed by atoms with van der Waals surface area (Å²) in [5, 5.41) is 3.68. The fourth-order valence-corrected chi connectivity index (χ4v) is 3.69. The van der Waals surface area contributed by atoms with Crippen LogP contribution in [-0.4, -0.2) is 13.2 Å². The first-order valence-electron chi connectivity index (χ1n) is 7.29. The molecule has 2 nitrogen and oxygen atoms in total. The van der Waals surface area contributed by atoms with Crippen molar-refractivity contribution in [3.05, 3.63) is 42.0 Å². The third kappa shape index (κ3) is 2.69. The number of hydrogen-bond acceptors (Lipinski definition) is 2. The van der Waals surface area contributed by atoms with Crippen LogP contribution >= 0.6 is 0 Å². The molecule has 102 valence electrons. The van der Waals surface area contributed by atoms with Crippen molar-refractivity contribution in [3.63, 3.8) is 0 Å². The molecule has 0 saturated heterocycles. The number of nitrogens with one attached hydrogen (secondary N) is 1. The van der Waals surface area contributed by atoms with E-state index >= 15 is 0 Å². The molecule has 2 heteroatoms. The molecule has 1 aromatic rings. The van der Waals surface area contributed by atoms with Gasteiger partial charge in [-0.25, -0.2) is 0 Å². The standard InChI is InChI=1S/C17H23NO/c1-12(17-10-13-6-7-15(17)8-13)18-16-5-3-4-14(9-16)11-19-2/h3-7,9,12-13,15,17-18H,8,10-11H2,1-2H3. The van der Waals surface area contributed by atoms with Crippen molar-refractivity contribution in [2.24, 2.45) is 17.8 Å². The molecule has 19 heavy (non-hydrogen) atoms. The zero-order valence-corrected chi connectivity index (χ0v) is 11.8. The molecule has 2 bridgehead atoms. The summed E-state index contributed by atoms with van der Waals surface area (Å²) in [6.45, 7) is 3.00. The van der Waals surface area contributed by atoms with Crippen molar-refractivity contribution < 1.29 is 4.74 Å². The highest BCUT2D eigenvalue weighted by Gasteiger charge is 2.38. The number of anilines is 1. The highest BCUT2D eigenvalue weighted by molar-refractivity contribution is 5.46. The van der Waals surface area contributed by atoms with Gasteiger partial charge in [0.25, 0.3) is 0 Å². The molecule has 1 fully saturated rings. The average molecular weight is 257 g/mol. The van der Waals surface area contributed by atoms with E-state index in [4.69, 9.17) is 4.74 Å². The number of ether oxygens (including phenoxy) is 1. The SMILES string of the molecule is COCc1cccc(NC(C)C2CC3C=CC2C3)c1. The van der Waals surface area contributed by atoms with Gasteiger partial charge in [0, 0.05) is 18.8 Å². The maximum absolute atomic E-state index is 5.19. The minimum atomic E-state index is 0.540. The third-order valence-corrected chi connectivity index (χ3v) is 4.60. The number of fused-ring (bicyclic) bond motifs is 2. The summed E-state index contributed by atoms with van der Waals surface area (Å²) in [5.41, 5.74) is 2.45. The molecule has 1 saturated carbocycles. The van der Waals surface area contributed by atoms with Crippen molar-refractivity contribution in [1.82, 2.24) is 0 Å². The van der Waals surface area contributed by atoms with Gasteiger partial charge in [-0.15, -0.1) is 0 Å². The predicted molar refractivity (Wildman–Crippen MR) is 79.1 cm³/mol. The van der Waals surface area contributed by atoms with Crippen molar-refractivity contribution in [1.29, 1.82) is 0 Å². The predicted octanol–water partition coefficient (Wildman–Crippen LogP) is 3.85. The summed E-state index contributed by atoms with van der Waals surface area (Å²) < 4.78 is 5.19. The van der Waals surface area contributed by atoms with Crippen LogP contribution in [0.5, 0.6) is 0 Å². The summed E-state index contributed by atoms with van der Waals surface area (Å²) in [7, 11) is 1.74. The lowest BCUT2D eigenvalue weighted by atomic mass is 9.87. The quantitative estimate of drug-likeness (QED) is 0.809. The van der Waals surface area contributed by atoms with E-state index in [1.54, 1.807) is 7.11 Å². The molecule has 0 aromatic heterocycles. The molecule has 4 unspecified atom stereocenters. The van der Waals surface area contributed by atoms with E-state index in [1.165, 1.54) is 24.1 Å². The Hall–Kier alpha value is -1.28. The molecule has 0 spiro atoms. The van der Waals surface area contributed by atoms with Gasteiger partial charge >= 0.3 is 0 Å². The van der Waals surface area contributed by atoms with Gasteiger partial charge in [-0.05, 0) is 55.2 Å². The van der Waals surface area contributed by atoms with Crippen LogP contribution in [0.2, 0.25) is 0 Å². The lowest BCUT2D eigenvalue weighted by molar-refractivity contribution is 0.185. The summed E-state index contributed by atoms with van der Waals surface area (Å²) in [4.78, 5) is 0. The molecule has 1 N–H and O–H groups in total. The fraction of sp³-hybridized carbons (Fsp3) is 0.529. The fourth-order valence-electron chi connectivity index (χ4n) is 3.69. The summed E-state index contributed by atoms with van der Waals surface area (Å²) in [6.07, 6.45) is 7.57. The van der Waals surface area contributed by atoms with E-state index in [0.29, 0.717) is 12.6 Å². The largest absolute Gasteiger partial charge is 0.382 e. The van der Waals surface area contributed by atoms with E-state index in [9.17, 15) is 0 Å². The van der Waals surface area contributed by atoms with Crippen LogP contribution in [0.3, 0.4) is 0 Å². The average Bonchev–Trinajstić information content (AvgIpc) is 3.02. The minimum absolute atomic E-state index is 0.540. The second-order valence-corrected chi connectivity index (χ2v) is 6.01. The van der Waals surface area contributed by atoms with Gasteiger partial charge in [-0.1, -0.05) is 24.3 Å². The van der Waals surface area contributed by atoms with E-state index in [2.05, 4.69) is 48.7 Å². The molecule has 1 aromatic carbocycles. The maximum Gasteiger partial charge on any atom is 0.0713 e. The van der Waals surface area contributed by atoms with Crippen LogP contribution in [0.25, 0.3) is 0 Å². The highest BCUT2D eigenvalue weighted by Crippen LogP contribution is 2.45. The Kier molecular flexibility index (Phi) is 3.61. The van der Waals surface area contributed by atoms with Crippen LogP contribution in [0.15, 0.2) is 36.4 Å². The van der Waals surface area contributed by atoms with Crippen molar-refractivity contribution in [2.45, 2.75) is 32.4 Å². The smallest absolute Gasteiger partial charge is 0.0713 e. The molecule has 0 heterocycles. The van der Waals surface area contributed by atoms with Crippen LogP contribution in [0.4, 0.5) is 5.69 Å². The number of hydrogen-bond donors (Lipinski definition) is 1. The Bertz CT molecular complexity index is 468. The van der Waals surface area contributed by atoms with Crippen molar-refractivity contribution >= 4 is 5.69 Å². The molecular formula is C17H23NO. The molecule has 2 aliphatic rings. The monoisotopic (exact) mass is 257 g/mol. The van der Waals surface area contributed by atoms with Gasteiger partial charge in [-0.2, -0.15) is 0 Å². The molecule has 3 rings (SSSR count). The van der Waals surface area contributed by atoms with Crippen LogP contribution in [0, 0.1) is 17.8 Å². The molecule has 4 atom stereocenters. The topological polar surface area (TPSA) is 21.3 Å². The van der Waals surface area contributed by atoms with Crippen molar-refractivity contribution in [2.75, 3.05) is 12.4 Å². The molecule has 2 aliphatic carbocycles. The Morgan fingerprint density at radius 2 is 2.21 bits per heavy atom. The van der Waals surface area contributed by atoms with Gasteiger partial charge in [0.2, 0.25) is 0 Å². The van der Waals surface area contributed by atoms with E-state index in [0.717, 1.165) is 17.8 Å². The zero-order chi connectivity index (χ0) is 13.2. The summed E-state index contributed by atoms with van der Waals surface area (Å²) in [6, 6.07) is 9.10. The molecule has 0 aliphatic heterocycles. The van der Waals surface area contributed by atoms with Crippen molar-refractivity contribution in [3.8, 4) is 0 Å². The second kappa shape index (κ2) is 5.38. The van der Waals surface area contributed by atoms with Crippen LogP contribution in [-0.2, 0) is 11.3 Å². The highest BCUT2D eigenvalue weighted by atomic mass is 16.5. The van der Waals surface area contributed by atoms with Crippen LogP contribution < -0.4 is 5.32 Å². The first kappa shape index (κ1) is 12.7. The number of rotatable bonds is 5. The van der Waals surface area contributed by atoms with E-state index < -0.39 is 0 Å². The Morgan fingerprint density at radius 3 is 2.89 bits per heavy atom. The van der Waals surface area contributed by atoms with E-state index in [-0.39, 0.29) is 0 Å². The molecular weight excluding hydrogens is 234 g/mol. The number of methoxy groups -OCH3 is 1. The first-order chi connectivity index (χ1) is 9.26. The van der Waals surface area contributed by atoms with Gasteiger partial charge < -0.3 is 10.1 Å². The summed E-state index contributed by atoms with van der Waals surface area (Å²) >= 11 is 0. The number of benzene rings is 1. The Balaban J connectivity index is 1.64. The first-order valence-corrected chi connectivity index (χ1v) is 7.29. The lowest BCUT2D eigenvalue weighted by Crippen LogP contribution is -2.28.